The first-order chi connectivity index (χ1) is 7.33. The molecule has 0 saturated carbocycles. The molecule has 1 aromatic heterocycles. The first kappa shape index (κ1) is 10.1. The van der Waals surface area contributed by atoms with Crippen LogP contribution in [0.2, 0.25) is 0 Å². The standard InChI is InChI=1S/C11H12N2OS/c12-9-3-1-2-8(4-6-14)10(9)11-13-5-7-15-11/h1-3,5,7,14H,4,6,12H2. The van der Waals surface area contributed by atoms with Crippen LogP contribution < -0.4 is 5.73 Å². The zero-order chi connectivity index (χ0) is 10.7. The van der Waals surface area contributed by atoms with Crippen molar-refractivity contribution in [1.82, 2.24) is 4.98 Å². The summed E-state index contributed by atoms with van der Waals surface area (Å²) in [6, 6.07) is 5.73. The predicted octanol–water partition coefficient (Wildman–Crippen LogP) is 1.93. The third kappa shape index (κ3) is 2.00. The summed E-state index contributed by atoms with van der Waals surface area (Å²) in [5.74, 6) is 0. The van der Waals surface area contributed by atoms with Crippen molar-refractivity contribution in [3.8, 4) is 10.6 Å². The van der Waals surface area contributed by atoms with Gasteiger partial charge in [0.1, 0.15) is 5.01 Å². The lowest BCUT2D eigenvalue weighted by atomic mass is 10.0. The summed E-state index contributed by atoms with van der Waals surface area (Å²) in [5, 5.41) is 11.8. The van der Waals surface area contributed by atoms with Gasteiger partial charge in [0.2, 0.25) is 0 Å². The highest BCUT2D eigenvalue weighted by Crippen LogP contribution is 2.31. The summed E-state index contributed by atoms with van der Waals surface area (Å²) in [4.78, 5) is 4.25. The summed E-state index contributed by atoms with van der Waals surface area (Å²) < 4.78 is 0. The molecule has 0 aliphatic rings. The Morgan fingerprint density at radius 1 is 1.40 bits per heavy atom. The molecule has 0 unspecified atom stereocenters. The van der Waals surface area contributed by atoms with Crippen LogP contribution in [-0.4, -0.2) is 16.7 Å². The Kier molecular flexibility index (Phi) is 2.99. The van der Waals surface area contributed by atoms with E-state index in [2.05, 4.69) is 4.98 Å². The van der Waals surface area contributed by atoms with Crippen LogP contribution in [0.3, 0.4) is 0 Å². The lowest BCUT2D eigenvalue weighted by Gasteiger charge is -2.08. The van der Waals surface area contributed by atoms with Gasteiger partial charge in [0.15, 0.2) is 0 Å². The van der Waals surface area contributed by atoms with E-state index in [1.54, 1.807) is 17.5 Å². The van der Waals surface area contributed by atoms with Crippen molar-refractivity contribution in [2.24, 2.45) is 0 Å². The monoisotopic (exact) mass is 220 g/mol. The molecule has 1 heterocycles. The van der Waals surface area contributed by atoms with Gasteiger partial charge < -0.3 is 10.8 Å². The van der Waals surface area contributed by atoms with E-state index in [4.69, 9.17) is 10.8 Å². The number of thiazole rings is 1. The first-order valence-corrected chi connectivity index (χ1v) is 5.59. The highest BCUT2D eigenvalue weighted by molar-refractivity contribution is 7.13. The molecule has 2 rings (SSSR count). The SMILES string of the molecule is Nc1cccc(CCO)c1-c1nccs1. The second-order valence-electron chi connectivity index (χ2n) is 3.19. The number of aliphatic hydroxyl groups is 1. The fourth-order valence-electron chi connectivity index (χ4n) is 1.56. The maximum atomic E-state index is 8.97. The minimum atomic E-state index is 0.127. The van der Waals surface area contributed by atoms with Gasteiger partial charge in [0, 0.05) is 29.4 Å². The number of aromatic nitrogens is 1. The van der Waals surface area contributed by atoms with E-state index in [1.807, 2.05) is 23.6 Å². The Hall–Kier alpha value is -1.39. The number of anilines is 1. The van der Waals surface area contributed by atoms with Crippen molar-refractivity contribution in [3.63, 3.8) is 0 Å². The first-order valence-electron chi connectivity index (χ1n) is 4.71. The number of benzene rings is 1. The van der Waals surface area contributed by atoms with Gasteiger partial charge in [-0.1, -0.05) is 12.1 Å². The van der Waals surface area contributed by atoms with E-state index in [9.17, 15) is 0 Å². The van der Waals surface area contributed by atoms with Crippen LogP contribution >= 0.6 is 11.3 Å². The average molecular weight is 220 g/mol. The van der Waals surface area contributed by atoms with Crippen LogP contribution in [0.15, 0.2) is 29.8 Å². The Bertz CT molecular complexity index is 440. The number of hydrogen-bond acceptors (Lipinski definition) is 4. The molecule has 3 nitrogen and oxygen atoms in total. The third-order valence-electron chi connectivity index (χ3n) is 2.21. The minimum Gasteiger partial charge on any atom is -0.398 e. The lowest BCUT2D eigenvalue weighted by molar-refractivity contribution is 0.300. The smallest absolute Gasteiger partial charge is 0.125 e. The van der Waals surface area contributed by atoms with Gasteiger partial charge in [0.05, 0.1) is 0 Å². The molecule has 1 aromatic carbocycles. The molecule has 4 heteroatoms. The second kappa shape index (κ2) is 4.42. The van der Waals surface area contributed by atoms with Gasteiger partial charge in [-0.3, -0.25) is 0 Å². The predicted molar refractivity (Wildman–Crippen MR) is 62.8 cm³/mol. The Morgan fingerprint density at radius 3 is 2.93 bits per heavy atom. The number of hydrogen-bond donors (Lipinski definition) is 2. The van der Waals surface area contributed by atoms with E-state index >= 15 is 0 Å². The highest BCUT2D eigenvalue weighted by atomic mass is 32.1. The normalized spacial score (nSPS) is 10.5. The topological polar surface area (TPSA) is 59.1 Å². The number of nitrogen functional groups attached to an aromatic ring is 1. The van der Waals surface area contributed by atoms with Crippen LogP contribution in [0, 0.1) is 0 Å². The molecule has 0 spiro atoms. The Morgan fingerprint density at radius 2 is 2.27 bits per heavy atom. The van der Waals surface area contributed by atoms with Crippen molar-refractivity contribution in [3.05, 3.63) is 35.3 Å². The van der Waals surface area contributed by atoms with Gasteiger partial charge in [-0.05, 0) is 18.1 Å². The van der Waals surface area contributed by atoms with Crippen molar-refractivity contribution in [2.45, 2.75) is 6.42 Å². The molecule has 0 aliphatic heterocycles. The zero-order valence-corrected chi connectivity index (χ0v) is 9.00. The van der Waals surface area contributed by atoms with Gasteiger partial charge in [-0.25, -0.2) is 4.98 Å². The van der Waals surface area contributed by atoms with Crippen molar-refractivity contribution >= 4 is 17.0 Å². The number of nitrogens with two attached hydrogens (primary N) is 1. The molecule has 0 radical (unpaired) electrons. The molecule has 78 valence electrons. The molecule has 0 saturated heterocycles. The minimum absolute atomic E-state index is 0.127. The summed E-state index contributed by atoms with van der Waals surface area (Å²) in [6.45, 7) is 0.127. The van der Waals surface area contributed by atoms with Crippen molar-refractivity contribution < 1.29 is 5.11 Å². The molecule has 3 N–H and O–H groups in total. The highest BCUT2D eigenvalue weighted by Gasteiger charge is 2.10. The summed E-state index contributed by atoms with van der Waals surface area (Å²) >= 11 is 1.56. The molecule has 0 atom stereocenters. The number of rotatable bonds is 3. The Balaban J connectivity index is 2.52. The van der Waals surface area contributed by atoms with Gasteiger partial charge >= 0.3 is 0 Å². The summed E-state index contributed by atoms with van der Waals surface area (Å²) in [7, 11) is 0. The third-order valence-corrected chi connectivity index (χ3v) is 3.00. The second-order valence-corrected chi connectivity index (χ2v) is 4.09. The largest absolute Gasteiger partial charge is 0.398 e. The van der Waals surface area contributed by atoms with Crippen LogP contribution in [0.4, 0.5) is 5.69 Å². The van der Waals surface area contributed by atoms with Gasteiger partial charge in [0.25, 0.3) is 0 Å². The van der Waals surface area contributed by atoms with Crippen molar-refractivity contribution in [1.29, 1.82) is 0 Å². The fraction of sp³-hybridized carbons (Fsp3) is 0.182. The molecular weight excluding hydrogens is 208 g/mol. The quantitative estimate of drug-likeness (QED) is 0.777. The van der Waals surface area contributed by atoms with E-state index in [0.717, 1.165) is 21.8 Å². The van der Waals surface area contributed by atoms with Crippen LogP contribution in [-0.2, 0) is 6.42 Å². The number of aliphatic hydroxyl groups excluding tert-OH is 1. The molecule has 0 aliphatic carbocycles. The molecule has 0 amide bonds. The summed E-state index contributed by atoms with van der Waals surface area (Å²) in [6.07, 6.45) is 2.37. The maximum Gasteiger partial charge on any atom is 0.125 e. The summed E-state index contributed by atoms with van der Waals surface area (Å²) in [5.41, 5.74) is 8.65. The van der Waals surface area contributed by atoms with Gasteiger partial charge in [-0.15, -0.1) is 11.3 Å². The molecule has 0 bridgehead atoms. The van der Waals surface area contributed by atoms with E-state index < -0.39 is 0 Å². The van der Waals surface area contributed by atoms with Crippen LogP contribution in [0.5, 0.6) is 0 Å². The van der Waals surface area contributed by atoms with Crippen LogP contribution in [0.25, 0.3) is 10.6 Å². The Labute approximate surface area is 92.2 Å². The maximum absolute atomic E-state index is 8.97. The molecule has 0 fully saturated rings. The lowest BCUT2D eigenvalue weighted by Crippen LogP contribution is -1.98. The van der Waals surface area contributed by atoms with Crippen molar-refractivity contribution in [2.75, 3.05) is 12.3 Å². The van der Waals surface area contributed by atoms with E-state index in [-0.39, 0.29) is 6.61 Å². The fourth-order valence-corrected chi connectivity index (χ4v) is 2.30. The average Bonchev–Trinajstić information content (AvgIpc) is 2.71. The number of nitrogens with zero attached hydrogens (tertiary/aromatic N) is 1. The van der Waals surface area contributed by atoms with Gasteiger partial charge in [-0.2, -0.15) is 0 Å². The molecular formula is C11H12N2OS. The van der Waals surface area contributed by atoms with E-state index in [1.165, 1.54) is 0 Å². The molecule has 2 aromatic rings. The molecule has 15 heavy (non-hydrogen) atoms. The van der Waals surface area contributed by atoms with E-state index in [0.29, 0.717) is 6.42 Å². The zero-order valence-electron chi connectivity index (χ0n) is 8.18. The van der Waals surface area contributed by atoms with Crippen LogP contribution in [0.1, 0.15) is 5.56 Å².